The van der Waals surface area contributed by atoms with E-state index in [9.17, 15) is 4.79 Å². The smallest absolute Gasteiger partial charge is 0.408 e. The number of rotatable bonds is 15. The van der Waals surface area contributed by atoms with Crippen LogP contribution in [-0.2, 0) is 6.54 Å². The Hall–Kier alpha value is -1.66. The maximum absolute atomic E-state index is 11.8. The Morgan fingerprint density at radius 1 is 0.862 bits per heavy atom. The first kappa shape index (κ1) is 25.4. The number of nitrogens with zero attached hydrogens (tertiary/aromatic N) is 4. The average Bonchev–Trinajstić information content (AvgIpc) is 2.67. The molecule has 1 aromatic heterocycles. The molecular formula is C23H42N4O2. The molecule has 1 amide bonds. The van der Waals surface area contributed by atoms with E-state index in [-0.39, 0.29) is 6.09 Å². The Morgan fingerprint density at radius 3 is 1.97 bits per heavy atom. The van der Waals surface area contributed by atoms with Crippen molar-refractivity contribution in [3.63, 3.8) is 0 Å². The van der Waals surface area contributed by atoms with E-state index in [1.54, 1.807) is 32.4 Å². The number of hydrogen-bond acceptors (Lipinski definition) is 5. The van der Waals surface area contributed by atoms with Gasteiger partial charge in [-0.3, -0.25) is 4.98 Å². The lowest BCUT2D eigenvalue weighted by Gasteiger charge is -2.18. The Morgan fingerprint density at radius 2 is 1.41 bits per heavy atom. The fourth-order valence-electron chi connectivity index (χ4n) is 3.20. The van der Waals surface area contributed by atoms with Crippen molar-refractivity contribution in [2.24, 2.45) is 0 Å². The van der Waals surface area contributed by atoms with Crippen LogP contribution in [0.1, 0.15) is 63.5 Å². The number of hydrogen-bond donors (Lipinski definition) is 0. The molecule has 0 aliphatic heterocycles. The normalized spacial score (nSPS) is 11.3. The molecule has 0 spiro atoms. The van der Waals surface area contributed by atoms with Crippen LogP contribution in [-0.4, -0.2) is 74.1 Å². The topological polar surface area (TPSA) is 48.9 Å². The van der Waals surface area contributed by atoms with E-state index >= 15 is 0 Å². The molecule has 0 fully saturated rings. The largest absolute Gasteiger partial charge is 0.414 e. The van der Waals surface area contributed by atoms with Crippen LogP contribution in [0.3, 0.4) is 0 Å². The highest BCUT2D eigenvalue weighted by Gasteiger charge is 2.13. The summed E-state index contributed by atoms with van der Waals surface area (Å²) in [7, 11) is 9.74. The third-order valence-corrected chi connectivity index (χ3v) is 4.98. The average molecular weight is 407 g/mol. The maximum atomic E-state index is 11.8. The molecule has 6 nitrogen and oxygen atoms in total. The molecule has 0 atom stereocenters. The Kier molecular flexibility index (Phi) is 13.3. The van der Waals surface area contributed by atoms with Crippen molar-refractivity contribution in [3.05, 3.63) is 24.0 Å². The summed E-state index contributed by atoms with van der Waals surface area (Å²) in [5, 5.41) is 0. The second-order valence-electron chi connectivity index (χ2n) is 8.43. The predicted molar refractivity (Wildman–Crippen MR) is 120 cm³/mol. The van der Waals surface area contributed by atoms with E-state index in [1.807, 2.05) is 0 Å². The summed E-state index contributed by atoms with van der Waals surface area (Å²) in [5.74, 6) is 0.545. The van der Waals surface area contributed by atoms with E-state index in [4.69, 9.17) is 4.74 Å². The fourth-order valence-corrected chi connectivity index (χ4v) is 3.20. The quantitative estimate of drug-likeness (QED) is 0.397. The highest BCUT2D eigenvalue weighted by Crippen LogP contribution is 2.18. The summed E-state index contributed by atoms with van der Waals surface area (Å²) in [6.45, 7) is 2.93. The summed E-state index contributed by atoms with van der Waals surface area (Å²) in [6, 6.07) is 3.60. The van der Waals surface area contributed by atoms with Crippen molar-refractivity contribution >= 4 is 6.09 Å². The van der Waals surface area contributed by atoms with E-state index in [0.29, 0.717) is 12.3 Å². The van der Waals surface area contributed by atoms with Gasteiger partial charge in [-0.05, 0) is 59.2 Å². The van der Waals surface area contributed by atoms with Crippen LogP contribution in [0.5, 0.6) is 5.75 Å². The summed E-state index contributed by atoms with van der Waals surface area (Å²) in [4.78, 5) is 22.1. The van der Waals surface area contributed by atoms with Crippen LogP contribution in [0, 0.1) is 0 Å². The van der Waals surface area contributed by atoms with E-state index in [0.717, 1.165) is 12.2 Å². The lowest BCUT2D eigenvalue weighted by molar-refractivity contribution is 0.170. The molecule has 6 heteroatoms. The molecule has 0 aliphatic carbocycles. The summed E-state index contributed by atoms with van der Waals surface area (Å²) < 4.78 is 5.42. The molecule has 166 valence electrons. The number of amides is 1. The summed E-state index contributed by atoms with van der Waals surface area (Å²) >= 11 is 0. The van der Waals surface area contributed by atoms with Crippen molar-refractivity contribution < 1.29 is 9.53 Å². The van der Waals surface area contributed by atoms with Crippen LogP contribution < -0.4 is 4.74 Å². The minimum absolute atomic E-state index is 0.375. The van der Waals surface area contributed by atoms with Crippen LogP contribution in [0.15, 0.2) is 18.3 Å². The first-order valence-electron chi connectivity index (χ1n) is 11.1. The molecule has 0 saturated heterocycles. The zero-order valence-electron chi connectivity index (χ0n) is 19.3. The first-order chi connectivity index (χ1) is 13.9. The second-order valence-corrected chi connectivity index (χ2v) is 8.43. The minimum atomic E-state index is -0.375. The lowest BCUT2D eigenvalue weighted by Crippen LogP contribution is -2.26. The number of pyridine rings is 1. The van der Waals surface area contributed by atoms with Gasteiger partial charge in [0, 0.05) is 26.8 Å². The summed E-state index contributed by atoms with van der Waals surface area (Å²) in [5.41, 5.74) is 0.805. The summed E-state index contributed by atoms with van der Waals surface area (Å²) in [6.07, 6.45) is 13.3. The van der Waals surface area contributed by atoms with Gasteiger partial charge in [0.05, 0.1) is 5.69 Å². The van der Waals surface area contributed by atoms with E-state index in [2.05, 4.69) is 35.9 Å². The minimum Gasteiger partial charge on any atom is -0.408 e. The van der Waals surface area contributed by atoms with Crippen molar-refractivity contribution in [2.75, 3.05) is 48.3 Å². The van der Waals surface area contributed by atoms with Gasteiger partial charge in [-0.1, -0.05) is 44.9 Å². The first-order valence-corrected chi connectivity index (χ1v) is 11.1. The van der Waals surface area contributed by atoms with Gasteiger partial charge in [0.25, 0.3) is 0 Å². The standard InChI is InChI=1S/C23H42N4O2/c1-25(2)18-13-11-9-7-6-8-10-12-14-19-27(5)20-21-22(16-15-17-24-21)29-23(28)26(3)4/h15-17H,6-14,18-20H2,1-5H3. The number of unbranched alkanes of at least 4 members (excludes halogenated alkanes) is 8. The highest BCUT2D eigenvalue weighted by molar-refractivity contribution is 5.70. The predicted octanol–water partition coefficient (Wildman–Crippen LogP) is 4.65. The third-order valence-electron chi connectivity index (χ3n) is 4.98. The Balaban J connectivity index is 2.13. The van der Waals surface area contributed by atoms with Gasteiger partial charge in [-0.15, -0.1) is 0 Å². The van der Waals surface area contributed by atoms with Gasteiger partial charge in [-0.2, -0.15) is 0 Å². The number of carbonyl (C=O) groups is 1. The van der Waals surface area contributed by atoms with Crippen LogP contribution in [0.2, 0.25) is 0 Å². The Bertz CT molecular complexity index is 564. The van der Waals surface area contributed by atoms with Gasteiger partial charge in [0.1, 0.15) is 0 Å². The zero-order chi connectivity index (χ0) is 21.5. The van der Waals surface area contributed by atoms with Crippen molar-refractivity contribution in [1.82, 2.24) is 19.7 Å². The van der Waals surface area contributed by atoms with Gasteiger partial charge >= 0.3 is 6.09 Å². The molecule has 1 aromatic rings. The second kappa shape index (κ2) is 15.2. The third kappa shape index (κ3) is 12.5. The van der Waals surface area contributed by atoms with Gasteiger partial charge in [0.15, 0.2) is 5.75 Å². The van der Waals surface area contributed by atoms with Crippen molar-refractivity contribution in [2.45, 2.75) is 64.3 Å². The van der Waals surface area contributed by atoms with Crippen LogP contribution >= 0.6 is 0 Å². The molecule has 29 heavy (non-hydrogen) atoms. The van der Waals surface area contributed by atoms with Crippen molar-refractivity contribution in [1.29, 1.82) is 0 Å². The molecule has 0 aliphatic rings. The number of carbonyl (C=O) groups excluding carboxylic acids is 1. The lowest BCUT2D eigenvalue weighted by atomic mass is 10.1. The molecule has 0 radical (unpaired) electrons. The molecule has 1 heterocycles. The van der Waals surface area contributed by atoms with Crippen LogP contribution in [0.25, 0.3) is 0 Å². The van der Waals surface area contributed by atoms with Crippen LogP contribution in [0.4, 0.5) is 4.79 Å². The van der Waals surface area contributed by atoms with Crippen molar-refractivity contribution in [3.8, 4) is 5.75 Å². The molecule has 1 rings (SSSR count). The SMILES string of the molecule is CN(C)CCCCCCCCCCCN(C)Cc1ncccc1OC(=O)N(C)C. The number of aromatic nitrogens is 1. The Labute approximate surface area is 178 Å². The molecule has 0 aromatic carbocycles. The van der Waals surface area contributed by atoms with Gasteiger partial charge in [-0.25, -0.2) is 4.79 Å². The molecule has 0 N–H and O–H groups in total. The monoisotopic (exact) mass is 406 g/mol. The highest BCUT2D eigenvalue weighted by atomic mass is 16.6. The van der Waals surface area contributed by atoms with Gasteiger partial charge < -0.3 is 19.4 Å². The van der Waals surface area contributed by atoms with E-state index in [1.165, 1.54) is 69.2 Å². The maximum Gasteiger partial charge on any atom is 0.414 e. The van der Waals surface area contributed by atoms with E-state index < -0.39 is 0 Å². The number of ether oxygens (including phenoxy) is 1. The fraction of sp³-hybridized carbons (Fsp3) is 0.739. The molecule has 0 unspecified atom stereocenters. The molecular weight excluding hydrogens is 364 g/mol. The van der Waals surface area contributed by atoms with Gasteiger partial charge in [0.2, 0.25) is 0 Å². The molecule has 0 bridgehead atoms. The zero-order valence-corrected chi connectivity index (χ0v) is 19.3. The molecule has 0 saturated carbocycles.